The molecule has 0 spiro atoms. The number of alkyl halides is 4. The van der Waals surface area contributed by atoms with E-state index in [1.807, 2.05) is 0 Å². The van der Waals surface area contributed by atoms with E-state index in [0.717, 1.165) is 12.8 Å². The molecule has 0 aromatic carbocycles. The Kier molecular flexibility index (Phi) is 5.48. The molecule has 8 saturated carbocycles. The minimum absolute atomic E-state index is 0.00614. The lowest BCUT2D eigenvalue weighted by Gasteiger charge is -2.85. The molecule has 0 saturated heterocycles. The van der Waals surface area contributed by atoms with E-state index in [2.05, 4.69) is 13.8 Å². The molecule has 12 heteroatoms. The minimum Gasteiger partial charge on any atom is -0.350 e. The van der Waals surface area contributed by atoms with Gasteiger partial charge in [-0.05, 0) is 94.7 Å². The van der Waals surface area contributed by atoms with Gasteiger partial charge in [-0.15, -0.1) is 46.4 Å². The third kappa shape index (κ3) is 2.09. The van der Waals surface area contributed by atoms with Gasteiger partial charge in [0.1, 0.15) is 19.5 Å². The molecule has 10 aliphatic rings. The summed E-state index contributed by atoms with van der Waals surface area (Å²) in [6, 6.07) is 0. The van der Waals surface area contributed by atoms with E-state index in [1.54, 1.807) is 28.4 Å². The highest BCUT2D eigenvalue weighted by molar-refractivity contribution is 6.53. The van der Waals surface area contributed by atoms with E-state index in [-0.39, 0.29) is 34.5 Å². The van der Waals surface area contributed by atoms with E-state index < -0.39 is 31.1 Å². The lowest BCUT2D eigenvalue weighted by molar-refractivity contribution is -0.388. The molecular formula is C32H34Cl8O4. The Morgan fingerprint density at radius 1 is 0.432 bits per heavy atom. The van der Waals surface area contributed by atoms with Crippen molar-refractivity contribution in [2.45, 2.75) is 57.8 Å². The van der Waals surface area contributed by atoms with Gasteiger partial charge >= 0.3 is 0 Å². The summed E-state index contributed by atoms with van der Waals surface area (Å²) < 4.78 is 24.6. The van der Waals surface area contributed by atoms with Gasteiger partial charge in [-0.2, -0.15) is 0 Å². The summed E-state index contributed by atoms with van der Waals surface area (Å²) in [5.41, 5.74) is 0.178. The largest absolute Gasteiger partial charge is 0.350 e. The third-order valence-electron chi connectivity index (χ3n) is 16.8. The van der Waals surface area contributed by atoms with Crippen LogP contribution in [-0.2, 0) is 18.9 Å². The first kappa shape index (κ1) is 30.5. The van der Waals surface area contributed by atoms with Crippen LogP contribution in [-0.4, -0.2) is 59.5 Å². The van der Waals surface area contributed by atoms with Crippen molar-refractivity contribution in [1.29, 1.82) is 0 Å². The molecule has 8 bridgehead atoms. The Morgan fingerprint density at radius 2 is 0.636 bits per heavy atom. The fourth-order valence-corrected chi connectivity index (χ4v) is 21.2. The monoisotopic (exact) mass is 762 g/mol. The number of hydrogen-bond donors (Lipinski definition) is 0. The van der Waals surface area contributed by atoms with Gasteiger partial charge in [0.05, 0.1) is 20.1 Å². The van der Waals surface area contributed by atoms with Crippen molar-refractivity contribution in [3.05, 3.63) is 20.1 Å². The van der Waals surface area contributed by atoms with Crippen molar-refractivity contribution < 1.29 is 18.9 Å². The molecule has 0 amide bonds. The topological polar surface area (TPSA) is 36.9 Å². The van der Waals surface area contributed by atoms with Gasteiger partial charge < -0.3 is 18.9 Å². The van der Waals surface area contributed by atoms with Crippen LogP contribution in [0, 0.1) is 81.8 Å². The third-order valence-corrected chi connectivity index (χ3v) is 22.1. The number of hydrogen-bond acceptors (Lipinski definition) is 4. The van der Waals surface area contributed by atoms with E-state index in [1.165, 1.54) is 0 Å². The second-order valence-corrected chi connectivity index (χ2v) is 19.9. The average Bonchev–Trinajstić information content (AvgIpc) is 3.84. The van der Waals surface area contributed by atoms with Crippen molar-refractivity contribution in [1.82, 2.24) is 0 Å². The fourth-order valence-electron chi connectivity index (χ4n) is 16.5. The molecule has 0 N–H and O–H groups in total. The highest BCUT2D eigenvalue weighted by atomic mass is 35.5. The molecule has 0 aliphatic heterocycles. The molecule has 8 fully saturated rings. The molecular weight excluding hydrogens is 732 g/mol. The summed E-state index contributed by atoms with van der Waals surface area (Å²) in [6.07, 6.45) is 2.12. The predicted octanol–water partition coefficient (Wildman–Crippen LogP) is 8.58. The lowest BCUT2D eigenvalue weighted by Crippen LogP contribution is -2.83. The standard InChI is InChI=1S/C32H34Cl8O4/c1-25-13-9-7-11(19-17(9)27(37)21(33)23(35)29(19,39)31(27,41-3)42-4)15(13)26(25,2)16-12-8-10(14(16)25)18-20(12)30(40)24(36)22(34)28(18,38)32(30,43-5)44-6/h9-20H,7-8H2,1-6H3/t9-,10+,11+,12-,13+,14-,15-,16+,17-,18+,19+,20-,25?,26?,27-,28+,29+,30-. The second kappa shape index (κ2) is 7.91. The molecule has 0 aromatic rings. The fraction of sp³-hybridized carbons (Fsp3) is 0.875. The highest BCUT2D eigenvalue weighted by Gasteiger charge is 2.99. The van der Waals surface area contributed by atoms with Crippen molar-refractivity contribution in [3.63, 3.8) is 0 Å². The van der Waals surface area contributed by atoms with Crippen LogP contribution in [0.3, 0.4) is 0 Å². The Labute approximate surface area is 297 Å². The number of methoxy groups -OCH3 is 4. The molecule has 0 heterocycles. The zero-order chi connectivity index (χ0) is 31.5. The van der Waals surface area contributed by atoms with E-state index >= 15 is 0 Å². The van der Waals surface area contributed by atoms with Gasteiger partial charge in [-0.3, -0.25) is 0 Å². The maximum Gasteiger partial charge on any atom is 0.217 e. The smallest absolute Gasteiger partial charge is 0.217 e. The molecule has 0 radical (unpaired) electrons. The van der Waals surface area contributed by atoms with E-state index in [4.69, 9.17) is 112 Å². The Morgan fingerprint density at radius 3 is 0.818 bits per heavy atom. The molecule has 4 nitrogen and oxygen atoms in total. The predicted molar refractivity (Wildman–Crippen MR) is 173 cm³/mol. The van der Waals surface area contributed by atoms with Gasteiger partial charge in [0.15, 0.2) is 0 Å². The maximum absolute atomic E-state index is 7.69. The molecule has 242 valence electrons. The van der Waals surface area contributed by atoms with Gasteiger partial charge in [0, 0.05) is 28.4 Å². The van der Waals surface area contributed by atoms with Crippen LogP contribution >= 0.6 is 92.8 Å². The molecule has 10 rings (SSSR count). The van der Waals surface area contributed by atoms with Crippen LogP contribution in [0.1, 0.15) is 26.7 Å². The number of fused-ring (bicyclic) bond motifs is 29. The normalized spacial score (nSPS) is 66.4. The molecule has 44 heavy (non-hydrogen) atoms. The molecule has 18 atom stereocenters. The molecule has 2 unspecified atom stereocenters. The van der Waals surface area contributed by atoms with E-state index in [9.17, 15) is 0 Å². The van der Waals surface area contributed by atoms with Crippen LogP contribution in [0.25, 0.3) is 0 Å². The SMILES string of the molecule is COC1(OC)[C@@]2(Cl)C(Cl)=C(Cl)[C@]1(Cl)[C@@H]1[C@@H]3C[C@@H]([C@@H]4[C@H]3C3(C)[C@@H]5[C@@H]6C[C@H]([C@@H]5C43C)[C@@H]3[C@H]6[C@]4(Cl)C(Cl)=C(Cl)[C@@]3(Cl)C4(OC)OC)[C@@H]12. The molecule has 10 aliphatic carbocycles. The van der Waals surface area contributed by atoms with Crippen molar-refractivity contribution >= 4 is 92.8 Å². The van der Waals surface area contributed by atoms with Crippen LogP contribution in [0.2, 0.25) is 0 Å². The summed E-state index contributed by atoms with van der Waals surface area (Å²) in [7, 11) is 6.41. The number of rotatable bonds is 4. The van der Waals surface area contributed by atoms with Gasteiger partial charge in [0.25, 0.3) is 0 Å². The summed E-state index contributed by atoms with van der Waals surface area (Å²) in [5.74, 6) is 0.467. The van der Waals surface area contributed by atoms with Crippen molar-refractivity contribution in [2.24, 2.45) is 81.8 Å². The lowest BCUT2D eigenvalue weighted by atomic mass is 9.18. The van der Waals surface area contributed by atoms with Crippen LogP contribution < -0.4 is 0 Å². The van der Waals surface area contributed by atoms with Crippen LogP contribution in [0.4, 0.5) is 0 Å². The quantitative estimate of drug-likeness (QED) is 0.163. The zero-order valence-electron chi connectivity index (χ0n) is 25.0. The summed E-state index contributed by atoms with van der Waals surface area (Å²) in [6.45, 7) is 5.06. The number of halogens is 8. The van der Waals surface area contributed by atoms with Crippen molar-refractivity contribution in [3.8, 4) is 0 Å². The summed E-state index contributed by atoms with van der Waals surface area (Å²) in [4.78, 5) is -4.62. The highest BCUT2D eigenvalue weighted by Crippen LogP contribution is 2.98. The van der Waals surface area contributed by atoms with Crippen molar-refractivity contribution in [2.75, 3.05) is 28.4 Å². The summed E-state index contributed by atoms with van der Waals surface area (Å²) >= 11 is 58.8. The average molecular weight is 766 g/mol. The van der Waals surface area contributed by atoms with Gasteiger partial charge in [0.2, 0.25) is 11.6 Å². The zero-order valence-corrected chi connectivity index (χ0v) is 31.0. The second-order valence-electron chi connectivity index (χ2n) is 16.1. The first-order valence-electron chi connectivity index (χ1n) is 15.7. The van der Waals surface area contributed by atoms with Crippen LogP contribution in [0.15, 0.2) is 20.1 Å². The van der Waals surface area contributed by atoms with Crippen LogP contribution in [0.5, 0.6) is 0 Å². The minimum atomic E-state index is -1.35. The summed E-state index contributed by atoms with van der Waals surface area (Å²) in [5, 5.41) is 1.49. The first-order chi connectivity index (χ1) is 20.6. The molecule has 0 aromatic heterocycles. The first-order valence-corrected chi connectivity index (χ1v) is 18.7. The maximum atomic E-state index is 7.69. The Hall–Kier alpha value is 1.64. The van der Waals surface area contributed by atoms with Gasteiger partial charge in [-0.25, -0.2) is 0 Å². The number of ether oxygens (including phenoxy) is 4. The van der Waals surface area contributed by atoms with Gasteiger partial charge in [-0.1, -0.05) is 60.3 Å². The Balaban J connectivity index is 1.11. The Bertz CT molecular complexity index is 1340. The van der Waals surface area contributed by atoms with E-state index in [0.29, 0.717) is 67.5 Å².